The van der Waals surface area contributed by atoms with Crippen molar-refractivity contribution < 1.29 is 18.0 Å². The Morgan fingerprint density at radius 3 is 2.21 bits per heavy atom. The molecule has 2 aromatic carbocycles. The first-order valence-electron chi connectivity index (χ1n) is 7.04. The predicted octanol–water partition coefficient (Wildman–Crippen LogP) is 2.46. The average molecular weight is 347 g/mol. The first kappa shape index (κ1) is 17.5. The summed E-state index contributed by atoms with van der Waals surface area (Å²) in [5.41, 5.74) is 1.81. The van der Waals surface area contributed by atoms with E-state index in [1.54, 1.807) is 30.3 Å². The average Bonchev–Trinajstić information content (AvgIpc) is 2.48. The Morgan fingerprint density at radius 1 is 0.917 bits per heavy atom. The van der Waals surface area contributed by atoms with Crippen molar-refractivity contribution in [1.29, 1.82) is 0 Å². The van der Waals surface area contributed by atoms with Crippen molar-refractivity contribution in [2.45, 2.75) is 18.7 Å². The summed E-state index contributed by atoms with van der Waals surface area (Å²) in [6, 6.07) is 11.7. The van der Waals surface area contributed by atoms with E-state index >= 15 is 0 Å². The van der Waals surface area contributed by atoms with Gasteiger partial charge in [-0.25, -0.2) is 17.9 Å². The minimum absolute atomic E-state index is 0.132. The van der Waals surface area contributed by atoms with Crippen molar-refractivity contribution in [2.24, 2.45) is 0 Å². The van der Waals surface area contributed by atoms with Gasteiger partial charge in [0.1, 0.15) is 0 Å². The van der Waals surface area contributed by atoms with Gasteiger partial charge in [0.05, 0.1) is 4.90 Å². The second-order valence-corrected chi connectivity index (χ2v) is 6.82. The van der Waals surface area contributed by atoms with Crippen molar-refractivity contribution in [3.8, 4) is 0 Å². The van der Waals surface area contributed by atoms with Crippen molar-refractivity contribution in [3.05, 3.63) is 54.1 Å². The van der Waals surface area contributed by atoms with Crippen LogP contribution in [0.2, 0.25) is 0 Å². The standard InChI is InChI=1S/C16H17N3O4S/c1-11-6-8-13(9-7-11)18-16(21)19-24(22,23)15-5-3-4-14(10-15)17-12(2)20/h3-10H,1-2H3,(H,17,20)(H2,18,19,21). The monoisotopic (exact) mass is 347 g/mol. The number of anilines is 2. The molecule has 2 rings (SSSR count). The SMILES string of the molecule is CC(=O)Nc1cccc(S(=O)(=O)NC(=O)Nc2ccc(C)cc2)c1. The van der Waals surface area contributed by atoms with Crippen LogP contribution in [-0.4, -0.2) is 20.4 Å². The lowest BCUT2D eigenvalue weighted by Crippen LogP contribution is -2.34. The van der Waals surface area contributed by atoms with Crippen LogP contribution in [0.4, 0.5) is 16.2 Å². The summed E-state index contributed by atoms with van der Waals surface area (Å²) in [5.74, 6) is -0.324. The molecule has 8 heteroatoms. The van der Waals surface area contributed by atoms with Crippen molar-refractivity contribution >= 4 is 33.3 Å². The Bertz CT molecular complexity index is 861. The predicted molar refractivity (Wildman–Crippen MR) is 91.3 cm³/mol. The van der Waals surface area contributed by atoms with Gasteiger partial charge >= 0.3 is 6.03 Å². The van der Waals surface area contributed by atoms with E-state index in [-0.39, 0.29) is 10.8 Å². The Kier molecular flexibility index (Phi) is 5.20. The smallest absolute Gasteiger partial charge is 0.326 e. The van der Waals surface area contributed by atoms with Crippen LogP contribution in [0.25, 0.3) is 0 Å². The van der Waals surface area contributed by atoms with Gasteiger partial charge in [-0.05, 0) is 37.3 Å². The molecule has 0 saturated carbocycles. The Balaban J connectivity index is 2.11. The molecule has 0 radical (unpaired) electrons. The summed E-state index contributed by atoms with van der Waals surface area (Å²) in [5, 5.41) is 4.93. The third kappa shape index (κ3) is 4.82. The summed E-state index contributed by atoms with van der Waals surface area (Å²) in [6.45, 7) is 3.21. The fraction of sp³-hybridized carbons (Fsp3) is 0.125. The molecule has 2 aromatic rings. The van der Waals surface area contributed by atoms with Gasteiger partial charge in [-0.15, -0.1) is 0 Å². The van der Waals surface area contributed by atoms with Crippen molar-refractivity contribution in [2.75, 3.05) is 10.6 Å². The molecule has 0 bridgehead atoms. The Morgan fingerprint density at radius 2 is 1.58 bits per heavy atom. The number of carbonyl (C=O) groups excluding carboxylic acids is 2. The lowest BCUT2D eigenvalue weighted by molar-refractivity contribution is -0.114. The van der Waals surface area contributed by atoms with E-state index < -0.39 is 16.1 Å². The molecular weight excluding hydrogens is 330 g/mol. The fourth-order valence-electron chi connectivity index (χ4n) is 1.92. The van der Waals surface area contributed by atoms with Crippen LogP contribution in [0.5, 0.6) is 0 Å². The Hall–Kier alpha value is -2.87. The molecule has 0 aliphatic rings. The highest BCUT2D eigenvalue weighted by Gasteiger charge is 2.18. The number of hydrogen-bond acceptors (Lipinski definition) is 4. The maximum atomic E-state index is 12.2. The van der Waals surface area contributed by atoms with Crippen LogP contribution < -0.4 is 15.4 Å². The maximum Gasteiger partial charge on any atom is 0.333 e. The van der Waals surface area contributed by atoms with Gasteiger partial charge in [0.15, 0.2) is 0 Å². The van der Waals surface area contributed by atoms with E-state index in [2.05, 4.69) is 10.6 Å². The molecule has 0 aliphatic heterocycles. The summed E-state index contributed by atoms with van der Waals surface area (Å²) < 4.78 is 26.4. The molecule has 3 N–H and O–H groups in total. The third-order valence-corrected chi connectivity index (χ3v) is 4.33. The number of rotatable bonds is 4. The Labute approximate surface area is 140 Å². The van der Waals surface area contributed by atoms with E-state index in [4.69, 9.17) is 0 Å². The van der Waals surface area contributed by atoms with Crippen LogP contribution in [0, 0.1) is 6.92 Å². The summed E-state index contributed by atoms with van der Waals surface area (Å²) in [6.07, 6.45) is 0. The molecule has 0 spiro atoms. The molecule has 126 valence electrons. The van der Waals surface area contributed by atoms with E-state index in [0.29, 0.717) is 11.4 Å². The molecule has 0 unspecified atom stereocenters. The number of amides is 3. The van der Waals surface area contributed by atoms with Crippen LogP contribution >= 0.6 is 0 Å². The fourth-order valence-corrected chi connectivity index (χ4v) is 2.87. The highest BCUT2D eigenvalue weighted by atomic mass is 32.2. The molecule has 0 saturated heterocycles. The molecular formula is C16H17N3O4S. The van der Waals surface area contributed by atoms with Crippen LogP contribution in [0.1, 0.15) is 12.5 Å². The molecule has 7 nitrogen and oxygen atoms in total. The van der Waals surface area contributed by atoms with Crippen molar-refractivity contribution in [1.82, 2.24) is 4.72 Å². The minimum Gasteiger partial charge on any atom is -0.326 e. The van der Waals surface area contributed by atoms with Gasteiger partial charge in [0.2, 0.25) is 5.91 Å². The van der Waals surface area contributed by atoms with E-state index in [0.717, 1.165) is 5.56 Å². The van der Waals surface area contributed by atoms with Crippen LogP contribution in [-0.2, 0) is 14.8 Å². The van der Waals surface area contributed by atoms with Crippen LogP contribution in [0.3, 0.4) is 0 Å². The number of sulfonamides is 1. The quantitative estimate of drug-likeness (QED) is 0.790. The van der Waals surface area contributed by atoms with Gasteiger partial charge in [0, 0.05) is 18.3 Å². The molecule has 3 amide bonds. The summed E-state index contributed by atoms with van der Waals surface area (Å²) in [4.78, 5) is 22.8. The highest BCUT2D eigenvalue weighted by Crippen LogP contribution is 2.16. The third-order valence-electron chi connectivity index (χ3n) is 3.00. The second-order valence-electron chi connectivity index (χ2n) is 5.13. The molecule has 0 aliphatic carbocycles. The molecule has 0 fully saturated rings. The zero-order chi connectivity index (χ0) is 17.7. The van der Waals surface area contributed by atoms with Gasteiger partial charge < -0.3 is 10.6 Å². The first-order valence-corrected chi connectivity index (χ1v) is 8.53. The highest BCUT2D eigenvalue weighted by molar-refractivity contribution is 7.90. The van der Waals surface area contributed by atoms with E-state index in [9.17, 15) is 18.0 Å². The molecule has 0 aromatic heterocycles. The maximum absolute atomic E-state index is 12.2. The van der Waals surface area contributed by atoms with Crippen LogP contribution in [0.15, 0.2) is 53.4 Å². The lowest BCUT2D eigenvalue weighted by atomic mass is 10.2. The number of benzene rings is 2. The number of hydrogen-bond donors (Lipinski definition) is 3. The number of urea groups is 1. The van der Waals surface area contributed by atoms with Gasteiger partial charge in [0.25, 0.3) is 10.0 Å². The summed E-state index contributed by atoms with van der Waals surface area (Å²) in [7, 11) is -4.06. The minimum atomic E-state index is -4.06. The largest absolute Gasteiger partial charge is 0.333 e. The van der Waals surface area contributed by atoms with Gasteiger partial charge in [-0.3, -0.25) is 4.79 Å². The van der Waals surface area contributed by atoms with E-state index in [1.807, 2.05) is 11.6 Å². The zero-order valence-electron chi connectivity index (χ0n) is 13.2. The van der Waals surface area contributed by atoms with Crippen molar-refractivity contribution in [3.63, 3.8) is 0 Å². The normalized spacial score (nSPS) is 10.8. The lowest BCUT2D eigenvalue weighted by Gasteiger charge is -2.10. The topological polar surface area (TPSA) is 104 Å². The second kappa shape index (κ2) is 7.14. The van der Waals surface area contributed by atoms with Gasteiger partial charge in [-0.2, -0.15) is 0 Å². The molecule has 0 heterocycles. The first-order chi connectivity index (χ1) is 11.3. The van der Waals surface area contributed by atoms with E-state index in [1.165, 1.54) is 25.1 Å². The van der Waals surface area contributed by atoms with Gasteiger partial charge in [-0.1, -0.05) is 23.8 Å². The number of nitrogens with one attached hydrogen (secondary N) is 3. The summed E-state index contributed by atoms with van der Waals surface area (Å²) >= 11 is 0. The number of carbonyl (C=O) groups is 2. The molecule has 24 heavy (non-hydrogen) atoms. The number of aryl methyl sites for hydroxylation is 1. The molecule has 0 atom stereocenters. The zero-order valence-corrected chi connectivity index (χ0v) is 14.0.